The van der Waals surface area contributed by atoms with Crippen LogP contribution < -0.4 is 11.4 Å². The molecule has 9 heteroatoms. The summed E-state index contributed by atoms with van der Waals surface area (Å²) in [7, 11) is 0. The van der Waals surface area contributed by atoms with E-state index in [0.717, 1.165) is 0 Å². The Balaban J connectivity index is 2.91. The number of nitrogen functional groups attached to an aromatic ring is 1. The molecule has 0 spiro atoms. The van der Waals surface area contributed by atoms with Gasteiger partial charge in [0.15, 0.2) is 8.90 Å². The topological polar surface area (TPSA) is 111 Å². The van der Waals surface area contributed by atoms with Crippen molar-refractivity contribution in [1.82, 2.24) is 9.55 Å². The Hall–Kier alpha value is -1.58. The Morgan fingerprint density at radius 1 is 1.94 bits per heavy atom. The largest absolute Gasteiger partial charge is 0.394 e. The third-order valence-corrected chi connectivity index (χ3v) is 1.93. The normalized spacial score (nSPS) is 52.0. The van der Waals surface area contributed by atoms with Gasteiger partial charge in [0, 0.05) is 6.17 Å². The van der Waals surface area contributed by atoms with Gasteiger partial charge in [-0.25, -0.2) is 4.79 Å². The second-order valence-electron chi connectivity index (χ2n) is 3.03. The summed E-state index contributed by atoms with van der Waals surface area (Å²) in [4.78, 5) is 15.1. The van der Waals surface area contributed by atoms with E-state index < -0.39 is 59.1 Å². The van der Waals surface area contributed by atoms with Crippen LogP contribution in [0.2, 0.25) is 2.82 Å². The third kappa shape index (κ3) is 1.85. The number of rotatable bonds is 5. The van der Waals surface area contributed by atoms with Crippen LogP contribution in [0.3, 0.4) is 0 Å². The van der Waals surface area contributed by atoms with Crippen molar-refractivity contribution >= 4 is 5.82 Å². The molecule has 1 aliphatic heterocycles. The molecule has 0 radical (unpaired) electrons. The molecule has 4 N–H and O–H groups in total. The lowest BCUT2D eigenvalue weighted by Crippen LogP contribution is -2.41. The van der Waals surface area contributed by atoms with E-state index in [4.69, 9.17) is 15.3 Å². The van der Waals surface area contributed by atoms with Crippen molar-refractivity contribution in [3.63, 3.8) is 0 Å². The highest BCUT2D eigenvalue weighted by Gasteiger charge is 2.59. The van der Waals surface area contributed by atoms with E-state index >= 15 is 8.78 Å². The number of anilines is 1. The molecule has 0 saturated carbocycles. The maximum Gasteiger partial charge on any atom is 0.351 e. The lowest BCUT2D eigenvalue weighted by molar-refractivity contribution is -0.140. The van der Waals surface area contributed by atoms with Crippen LogP contribution in [-0.4, -0.2) is 47.3 Å². The Bertz CT molecular complexity index is 890. The minimum absolute atomic E-state index is 0.389. The highest BCUT2D eigenvalue weighted by atomic mass is 19.3. The molecule has 1 aromatic rings. The zero-order chi connectivity index (χ0) is 22.8. The summed E-state index contributed by atoms with van der Waals surface area (Å²) >= 11 is 0. The fourth-order valence-corrected chi connectivity index (χ4v) is 1.16. The maximum absolute atomic E-state index is 15.1. The van der Waals surface area contributed by atoms with Gasteiger partial charge in [-0.1, -0.05) is 0 Å². The molecule has 0 aromatic carbocycles. The predicted octanol–water partition coefficient (Wildman–Crippen LogP) is -1.29. The number of nitrogens with two attached hydrogens (primary N) is 1. The molecule has 1 saturated heterocycles. The SMILES string of the molecule is [2H]OC([2H])([2H])[C@@]1([2H])O[C@@]([2H])(n2c([2H])c([2H])c(N([2H])[2H])nc2=O)C(F)(F)[C@]1([2H])O[2H]. The molecular weight excluding hydrogens is 252 g/mol. The van der Waals surface area contributed by atoms with Crippen molar-refractivity contribution in [1.29, 1.82) is 2.86 Å². The van der Waals surface area contributed by atoms with Gasteiger partial charge in [-0.3, -0.25) is 4.57 Å². The van der Waals surface area contributed by atoms with E-state index in [1.807, 2.05) is 0 Å². The molecule has 3 atom stereocenters. The van der Waals surface area contributed by atoms with Crippen LogP contribution in [0.25, 0.3) is 0 Å². The highest BCUT2D eigenvalue weighted by Crippen LogP contribution is 2.41. The molecule has 0 bridgehead atoms. The number of halogens is 2. The van der Waals surface area contributed by atoms with Crippen LogP contribution >= 0.6 is 0 Å². The molecule has 7 nitrogen and oxygen atoms in total. The van der Waals surface area contributed by atoms with Gasteiger partial charge in [0.25, 0.3) is 0 Å². The molecule has 0 amide bonds. The molecule has 100 valence electrons. The second kappa shape index (κ2) is 4.26. The number of aliphatic hydroxyl groups is 2. The predicted molar refractivity (Wildman–Crippen MR) is 54.9 cm³/mol. The van der Waals surface area contributed by atoms with Gasteiger partial charge in [-0.05, 0) is 6.04 Å². The van der Waals surface area contributed by atoms with Crippen molar-refractivity contribution in [2.45, 2.75) is 24.3 Å². The van der Waals surface area contributed by atoms with Gasteiger partial charge >= 0.3 is 11.6 Å². The van der Waals surface area contributed by atoms with Crippen LogP contribution in [0.15, 0.2) is 17.0 Å². The molecule has 0 unspecified atom stereocenters. The van der Waals surface area contributed by atoms with Crippen molar-refractivity contribution in [3.05, 3.63) is 22.7 Å². The molecule has 18 heavy (non-hydrogen) atoms. The lowest BCUT2D eigenvalue weighted by Gasteiger charge is -2.20. The van der Waals surface area contributed by atoms with Crippen LogP contribution in [0.5, 0.6) is 0 Å². The first-order chi connectivity index (χ1) is 13.0. The van der Waals surface area contributed by atoms with Crippen LogP contribution in [-0.2, 0) is 4.74 Å². The number of aromatic nitrogens is 2. The first-order valence-electron chi connectivity index (χ1n) is 9.45. The second-order valence-corrected chi connectivity index (χ2v) is 3.03. The van der Waals surface area contributed by atoms with Crippen molar-refractivity contribution in [2.24, 2.45) is 0 Å². The zero-order valence-electron chi connectivity index (χ0n) is 19.2. The quantitative estimate of drug-likeness (QED) is 0.616. The summed E-state index contributed by atoms with van der Waals surface area (Å²) in [5.74, 6) is -6.36. The summed E-state index contributed by atoms with van der Waals surface area (Å²) in [6.07, 6.45) is -14.5. The Labute approximate surface area is 115 Å². The van der Waals surface area contributed by atoms with Gasteiger partial charge in [0.1, 0.15) is 11.9 Å². The minimum atomic E-state index is -5.27. The molecule has 1 aliphatic rings. The molecular formula is C9H11F2N3O4. The molecule has 2 rings (SSSR count). The van der Waals surface area contributed by atoms with E-state index in [9.17, 15) is 4.79 Å². The first-order valence-corrected chi connectivity index (χ1v) is 4.24. The molecule has 2 heterocycles. The number of hydrogen-bond donors (Lipinski definition) is 3. The maximum atomic E-state index is 15.1. The summed E-state index contributed by atoms with van der Waals surface area (Å²) in [6.45, 7) is -3.93. The Kier molecular flexibility index (Phi) is 1.15. The summed E-state index contributed by atoms with van der Waals surface area (Å²) in [5, 5.41) is 7.03. The molecule has 1 aromatic heterocycles. The standard InChI is InChI=1S/C9H11F2N3O4/c10-9(11)6(16)4(3-15)18-7(9)14-2-1-5(12)13-8(14)17/h1-2,4,6-7,15-16H,3H2,(H2,12,13,17)/t4-,6-,7-/m1/s1/i1D,2D,3D2,4D,6D,7D,15D,16D/hD2. The summed E-state index contributed by atoms with van der Waals surface area (Å²) < 4.78 is 115. The van der Waals surface area contributed by atoms with E-state index in [-0.39, 0.29) is 5.72 Å². The number of ether oxygens (including phenoxy) is 1. The monoisotopic (exact) mass is 274 g/mol. The van der Waals surface area contributed by atoms with Crippen molar-refractivity contribution in [2.75, 3.05) is 12.3 Å². The number of hydrogen-bond acceptors (Lipinski definition) is 6. The Morgan fingerprint density at radius 3 is 3.44 bits per heavy atom. The van der Waals surface area contributed by atoms with Gasteiger partial charge in [-0.2, -0.15) is 13.8 Å². The van der Waals surface area contributed by atoms with E-state index in [1.54, 1.807) is 0 Å². The number of nitrogens with zero attached hydrogens (tertiary/aromatic N) is 2. The van der Waals surface area contributed by atoms with E-state index in [1.165, 1.54) is 0 Å². The van der Waals surface area contributed by atoms with Gasteiger partial charge in [0.05, 0.1) is 16.2 Å². The van der Waals surface area contributed by atoms with E-state index in [0.29, 0.717) is 0 Å². The summed E-state index contributed by atoms with van der Waals surface area (Å²) in [6, 6.07) is -1.27. The van der Waals surface area contributed by atoms with Gasteiger partial charge in [-0.15, -0.1) is 0 Å². The first kappa shape index (κ1) is 4.83. The zero-order valence-corrected chi connectivity index (χ0v) is 8.23. The third-order valence-electron chi connectivity index (χ3n) is 1.93. The highest BCUT2D eigenvalue weighted by molar-refractivity contribution is 5.23. The van der Waals surface area contributed by atoms with Crippen molar-refractivity contribution < 1.29 is 36.2 Å². The van der Waals surface area contributed by atoms with Crippen LogP contribution in [0, 0.1) is 0 Å². The van der Waals surface area contributed by atoms with Gasteiger partial charge < -0.3 is 20.7 Å². The summed E-state index contributed by atoms with van der Waals surface area (Å²) in [5.41, 5.74) is -2.34. The lowest BCUT2D eigenvalue weighted by atomic mass is 10.1. The molecule has 0 aliphatic carbocycles. The number of alkyl halides is 2. The Morgan fingerprint density at radius 2 is 2.78 bits per heavy atom. The smallest absolute Gasteiger partial charge is 0.351 e. The van der Waals surface area contributed by atoms with Crippen LogP contribution in [0.1, 0.15) is 15.8 Å². The minimum Gasteiger partial charge on any atom is -0.394 e. The molecule has 1 fully saturated rings. The van der Waals surface area contributed by atoms with Crippen molar-refractivity contribution in [3.8, 4) is 0 Å². The van der Waals surface area contributed by atoms with E-state index in [2.05, 4.69) is 19.9 Å². The fraction of sp³-hybridized carbons (Fsp3) is 0.556. The average molecular weight is 274 g/mol. The van der Waals surface area contributed by atoms with Crippen LogP contribution in [0.4, 0.5) is 14.6 Å². The fourth-order valence-electron chi connectivity index (χ4n) is 1.16. The average Bonchev–Trinajstić information content (AvgIpc) is 2.74. The van der Waals surface area contributed by atoms with Gasteiger partial charge in [0.2, 0.25) is 9.07 Å².